The molecule has 0 heterocycles. The van der Waals surface area contributed by atoms with Crippen molar-refractivity contribution >= 4 is 0 Å². The number of benzene rings is 2. The number of aryl methyl sites for hydroxylation is 1. The van der Waals surface area contributed by atoms with Crippen LogP contribution in [0.4, 0.5) is 0 Å². The van der Waals surface area contributed by atoms with E-state index in [4.69, 9.17) is 10.00 Å². The van der Waals surface area contributed by atoms with Crippen LogP contribution in [0.2, 0.25) is 0 Å². The Bertz CT molecular complexity index is 596. The fourth-order valence-corrected chi connectivity index (χ4v) is 2.07. The van der Waals surface area contributed by atoms with E-state index in [1.54, 1.807) is 7.11 Å². The number of nitriles is 1. The van der Waals surface area contributed by atoms with Gasteiger partial charge in [-0.05, 0) is 35.7 Å². The van der Waals surface area contributed by atoms with Crippen molar-refractivity contribution in [1.29, 1.82) is 5.26 Å². The van der Waals surface area contributed by atoms with Crippen LogP contribution < -0.4 is 4.74 Å². The van der Waals surface area contributed by atoms with Gasteiger partial charge in [0.15, 0.2) is 0 Å². The molecular formula is C16H15NO. The van der Waals surface area contributed by atoms with E-state index >= 15 is 0 Å². The van der Waals surface area contributed by atoms with Crippen molar-refractivity contribution in [3.05, 3.63) is 53.6 Å². The predicted octanol–water partition coefficient (Wildman–Crippen LogP) is 3.74. The van der Waals surface area contributed by atoms with Crippen LogP contribution in [-0.2, 0) is 6.42 Å². The molecule has 0 unspecified atom stereocenters. The van der Waals surface area contributed by atoms with E-state index in [2.05, 4.69) is 25.1 Å². The molecule has 0 N–H and O–H groups in total. The molecule has 2 nitrogen and oxygen atoms in total. The van der Waals surface area contributed by atoms with Crippen molar-refractivity contribution in [2.45, 2.75) is 13.3 Å². The van der Waals surface area contributed by atoms with Gasteiger partial charge in [-0.3, -0.25) is 0 Å². The smallest absolute Gasteiger partial charge is 0.123 e. The van der Waals surface area contributed by atoms with Crippen LogP contribution in [0.1, 0.15) is 11.1 Å². The van der Waals surface area contributed by atoms with Crippen molar-refractivity contribution in [2.75, 3.05) is 7.11 Å². The lowest BCUT2D eigenvalue weighted by molar-refractivity contribution is 0.411. The van der Waals surface area contributed by atoms with Gasteiger partial charge in [0.05, 0.1) is 19.6 Å². The van der Waals surface area contributed by atoms with E-state index in [1.165, 1.54) is 11.1 Å². The lowest BCUT2D eigenvalue weighted by Gasteiger charge is -2.10. The molecule has 90 valence electrons. The van der Waals surface area contributed by atoms with Gasteiger partial charge < -0.3 is 4.74 Å². The maximum absolute atomic E-state index is 8.85. The van der Waals surface area contributed by atoms with Crippen LogP contribution in [0, 0.1) is 18.3 Å². The minimum absolute atomic E-state index is 0.364. The molecule has 0 saturated heterocycles. The molecule has 2 aromatic carbocycles. The second kappa shape index (κ2) is 5.37. The first-order chi connectivity index (χ1) is 8.76. The topological polar surface area (TPSA) is 33.0 Å². The van der Waals surface area contributed by atoms with Gasteiger partial charge in [0, 0.05) is 5.56 Å². The Morgan fingerprint density at radius 2 is 1.94 bits per heavy atom. The summed E-state index contributed by atoms with van der Waals surface area (Å²) in [6.07, 6.45) is 0.364. The van der Waals surface area contributed by atoms with E-state index < -0.39 is 0 Å². The Kier molecular flexibility index (Phi) is 3.64. The molecule has 0 spiro atoms. The molecule has 0 aliphatic rings. The van der Waals surface area contributed by atoms with E-state index in [1.807, 2.05) is 30.3 Å². The van der Waals surface area contributed by atoms with Crippen LogP contribution in [0.15, 0.2) is 42.5 Å². The third-order valence-electron chi connectivity index (χ3n) is 3.01. The monoisotopic (exact) mass is 237 g/mol. The fourth-order valence-electron chi connectivity index (χ4n) is 2.07. The lowest BCUT2D eigenvalue weighted by atomic mass is 9.98. The lowest BCUT2D eigenvalue weighted by Crippen LogP contribution is -1.92. The molecule has 2 rings (SSSR count). The number of hydrogen-bond acceptors (Lipinski definition) is 2. The zero-order valence-corrected chi connectivity index (χ0v) is 10.6. The summed E-state index contributed by atoms with van der Waals surface area (Å²) in [7, 11) is 1.63. The van der Waals surface area contributed by atoms with Gasteiger partial charge in [-0.15, -0.1) is 0 Å². The molecule has 0 fully saturated rings. The highest BCUT2D eigenvalue weighted by molar-refractivity contribution is 5.69. The first-order valence-corrected chi connectivity index (χ1v) is 5.86. The molecule has 0 aliphatic heterocycles. The Morgan fingerprint density at radius 1 is 1.17 bits per heavy atom. The molecule has 0 aliphatic carbocycles. The molecule has 0 amide bonds. The molecule has 18 heavy (non-hydrogen) atoms. The summed E-state index contributed by atoms with van der Waals surface area (Å²) >= 11 is 0. The molecule has 0 radical (unpaired) electrons. The third-order valence-corrected chi connectivity index (χ3v) is 3.01. The maximum atomic E-state index is 8.85. The summed E-state index contributed by atoms with van der Waals surface area (Å²) in [5, 5.41) is 8.85. The quantitative estimate of drug-likeness (QED) is 0.814. The fraction of sp³-hybridized carbons (Fsp3) is 0.188. The van der Waals surface area contributed by atoms with Gasteiger partial charge >= 0.3 is 0 Å². The van der Waals surface area contributed by atoms with E-state index in [0.29, 0.717) is 6.42 Å². The standard InChI is InChI=1S/C16H15NO/c1-12-5-3-4-6-15(12)13-7-8-16(18-2)14(11-13)9-10-17/h3-8,11H,9H2,1-2H3. The summed E-state index contributed by atoms with van der Waals surface area (Å²) < 4.78 is 5.27. The average Bonchev–Trinajstić information content (AvgIpc) is 2.40. The first-order valence-electron chi connectivity index (χ1n) is 5.86. The second-order valence-corrected chi connectivity index (χ2v) is 4.18. The van der Waals surface area contributed by atoms with Gasteiger partial charge in [-0.2, -0.15) is 5.26 Å². The Labute approximate surface area is 107 Å². The van der Waals surface area contributed by atoms with Crippen molar-refractivity contribution < 1.29 is 4.74 Å². The number of ether oxygens (including phenoxy) is 1. The van der Waals surface area contributed by atoms with Gasteiger partial charge in [-0.25, -0.2) is 0 Å². The van der Waals surface area contributed by atoms with Crippen LogP contribution >= 0.6 is 0 Å². The highest BCUT2D eigenvalue weighted by atomic mass is 16.5. The van der Waals surface area contributed by atoms with Crippen molar-refractivity contribution in [3.63, 3.8) is 0 Å². The number of rotatable bonds is 3. The summed E-state index contributed by atoms with van der Waals surface area (Å²) in [5.41, 5.74) is 4.48. The SMILES string of the molecule is COc1ccc(-c2ccccc2C)cc1CC#N. The van der Waals surface area contributed by atoms with Gasteiger partial charge in [0.2, 0.25) is 0 Å². The summed E-state index contributed by atoms with van der Waals surface area (Å²) in [5.74, 6) is 0.772. The number of hydrogen-bond donors (Lipinski definition) is 0. The normalized spacial score (nSPS) is 9.83. The zero-order chi connectivity index (χ0) is 13.0. The summed E-state index contributed by atoms with van der Waals surface area (Å²) in [4.78, 5) is 0. The molecule has 0 aromatic heterocycles. The Hall–Kier alpha value is -2.27. The molecule has 2 aromatic rings. The third kappa shape index (κ3) is 2.36. The van der Waals surface area contributed by atoms with Crippen LogP contribution in [-0.4, -0.2) is 7.11 Å². The van der Waals surface area contributed by atoms with Crippen LogP contribution in [0.5, 0.6) is 5.75 Å². The minimum atomic E-state index is 0.364. The van der Waals surface area contributed by atoms with E-state index in [9.17, 15) is 0 Å². The van der Waals surface area contributed by atoms with Crippen molar-refractivity contribution in [3.8, 4) is 22.9 Å². The average molecular weight is 237 g/mol. The number of nitrogens with zero attached hydrogens (tertiary/aromatic N) is 1. The van der Waals surface area contributed by atoms with E-state index in [-0.39, 0.29) is 0 Å². The zero-order valence-electron chi connectivity index (χ0n) is 10.6. The second-order valence-electron chi connectivity index (χ2n) is 4.18. The molecular weight excluding hydrogens is 222 g/mol. The van der Waals surface area contributed by atoms with Crippen molar-refractivity contribution in [1.82, 2.24) is 0 Å². The van der Waals surface area contributed by atoms with Gasteiger partial charge in [-0.1, -0.05) is 30.3 Å². The maximum Gasteiger partial charge on any atom is 0.123 e. The first kappa shape index (κ1) is 12.2. The van der Waals surface area contributed by atoms with Crippen LogP contribution in [0.3, 0.4) is 0 Å². The van der Waals surface area contributed by atoms with Crippen LogP contribution in [0.25, 0.3) is 11.1 Å². The molecule has 0 saturated carbocycles. The van der Waals surface area contributed by atoms with Gasteiger partial charge in [0.25, 0.3) is 0 Å². The van der Waals surface area contributed by atoms with Crippen molar-refractivity contribution in [2.24, 2.45) is 0 Å². The van der Waals surface area contributed by atoms with E-state index in [0.717, 1.165) is 16.9 Å². The molecule has 2 heteroatoms. The van der Waals surface area contributed by atoms with Gasteiger partial charge in [0.1, 0.15) is 5.75 Å². The Morgan fingerprint density at radius 3 is 2.61 bits per heavy atom. The highest BCUT2D eigenvalue weighted by Gasteiger charge is 2.07. The largest absolute Gasteiger partial charge is 0.496 e. The number of methoxy groups -OCH3 is 1. The minimum Gasteiger partial charge on any atom is -0.496 e. The molecule has 0 bridgehead atoms. The summed E-state index contributed by atoms with van der Waals surface area (Å²) in [6.45, 7) is 2.09. The predicted molar refractivity (Wildman–Crippen MR) is 72.5 cm³/mol. The Balaban J connectivity index is 2.51. The molecule has 0 atom stereocenters. The summed E-state index contributed by atoms with van der Waals surface area (Å²) in [6, 6.07) is 16.4. The highest BCUT2D eigenvalue weighted by Crippen LogP contribution is 2.28.